The summed E-state index contributed by atoms with van der Waals surface area (Å²) in [7, 11) is 0. The maximum absolute atomic E-state index is 15.0. The van der Waals surface area contributed by atoms with E-state index in [-0.39, 0.29) is 11.0 Å². The number of aromatic nitrogens is 2. The molecule has 3 aliphatic carbocycles. The van der Waals surface area contributed by atoms with Gasteiger partial charge in [0.15, 0.2) is 0 Å². The number of nitrogens with zero attached hydrogens (tertiary/aromatic N) is 3. The van der Waals surface area contributed by atoms with Gasteiger partial charge in [-0.15, -0.1) is 0 Å². The van der Waals surface area contributed by atoms with Crippen molar-refractivity contribution in [3.8, 4) is 67.0 Å². The first-order valence-corrected chi connectivity index (χ1v) is 26.4. The molecule has 0 radical (unpaired) electrons. The lowest BCUT2D eigenvalue weighted by atomic mass is 9.70. The number of fused-ring (bicyclic) bond motifs is 14. The second-order valence-electron chi connectivity index (χ2n) is 21.1. The van der Waals surface area contributed by atoms with E-state index >= 15 is 0 Å². The zero-order valence-corrected chi connectivity index (χ0v) is 42.5. The minimum atomic E-state index is -0.452. The maximum atomic E-state index is 15.0. The summed E-state index contributed by atoms with van der Waals surface area (Å²) in [6.45, 7) is 4.67. The van der Waals surface area contributed by atoms with Crippen LogP contribution in [0.3, 0.4) is 0 Å². The first kappa shape index (κ1) is 44.6. The van der Waals surface area contributed by atoms with E-state index in [0.29, 0.717) is 22.3 Å². The summed E-state index contributed by atoms with van der Waals surface area (Å²) < 4.78 is 2.96. The molecule has 5 heteroatoms. The van der Waals surface area contributed by atoms with Gasteiger partial charge < -0.3 is 4.90 Å². The first-order chi connectivity index (χ1) is 37.8. The van der Waals surface area contributed by atoms with Crippen molar-refractivity contribution >= 4 is 28.0 Å². The molecule has 1 spiro atoms. The van der Waals surface area contributed by atoms with Crippen LogP contribution in [-0.4, -0.2) is 9.13 Å². The lowest BCUT2D eigenvalue weighted by Gasteiger charge is -2.32. The van der Waals surface area contributed by atoms with Crippen molar-refractivity contribution in [1.82, 2.24) is 9.13 Å². The Hall–Kier alpha value is -9.84. The maximum Gasteiger partial charge on any atom is 0.340 e. The molecule has 5 nitrogen and oxygen atoms in total. The Morgan fingerprint density at radius 3 is 1.53 bits per heavy atom. The van der Waals surface area contributed by atoms with Crippen LogP contribution in [0.15, 0.2) is 270 Å². The van der Waals surface area contributed by atoms with Crippen molar-refractivity contribution < 1.29 is 0 Å². The summed E-state index contributed by atoms with van der Waals surface area (Å²) in [4.78, 5) is 32.1. The third-order valence-electron chi connectivity index (χ3n) is 16.8. The summed E-state index contributed by atoms with van der Waals surface area (Å²) >= 11 is 0. The van der Waals surface area contributed by atoms with Crippen LogP contribution in [0.4, 0.5) is 17.1 Å². The molecule has 77 heavy (non-hydrogen) atoms. The molecule has 0 saturated carbocycles. The number of hydrogen-bond acceptors (Lipinski definition) is 3. The zero-order chi connectivity index (χ0) is 51.6. The molecule has 12 aromatic rings. The average molecular weight is 988 g/mol. The Kier molecular flexibility index (Phi) is 9.76. The molecule has 0 unspecified atom stereocenters. The van der Waals surface area contributed by atoms with Gasteiger partial charge in [0, 0.05) is 22.4 Å². The van der Waals surface area contributed by atoms with Gasteiger partial charge in [-0.2, -0.15) is 0 Å². The molecule has 364 valence electrons. The predicted octanol–water partition coefficient (Wildman–Crippen LogP) is 16.6. The van der Waals surface area contributed by atoms with Crippen molar-refractivity contribution in [3.63, 3.8) is 0 Å². The number of anilines is 3. The van der Waals surface area contributed by atoms with Gasteiger partial charge in [-0.1, -0.05) is 208 Å². The second-order valence-corrected chi connectivity index (χ2v) is 21.1. The number of para-hydroxylation sites is 1. The standard InChI is InChI=1S/C72H49N3O2/c1-71(2)60-29-13-12-28-57(60)68-65(71)33-18-34-67(68)73(53-40-41-64-58(45-53)56-27-11-16-32-63(56)72(64)61-30-14-9-25-54(61)55-26-10-15-31-62(55)72)51-38-35-47(36-39-51)49-37-42-66-59(44-49)69(76)75(70(77)74(66)50-22-7-4-8-23-50)52-24-17-21-48(43-52)46-19-5-3-6-20-46/h3-45H,1-2H3. The van der Waals surface area contributed by atoms with E-state index < -0.39 is 11.1 Å². The number of benzene rings is 11. The van der Waals surface area contributed by atoms with E-state index in [2.05, 4.69) is 176 Å². The normalized spacial score (nSPS) is 13.6. The highest BCUT2D eigenvalue weighted by atomic mass is 16.2. The third-order valence-corrected chi connectivity index (χ3v) is 16.8. The topological polar surface area (TPSA) is 47.2 Å². The molecule has 0 amide bonds. The van der Waals surface area contributed by atoms with Gasteiger partial charge in [-0.05, 0) is 150 Å². The van der Waals surface area contributed by atoms with Crippen LogP contribution >= 0.6 is 0 Å². The molecule has 1 heterocycles. The van der Waals surface area contributed by atoms with Crippen LogP contribution in [0.25, 0.3) is 77.9 Å². The summed E-state index contributed by atoms with van der Waals surface area (Å²) in [6, 6.07) is 91.5. The van der Waals surface area contributed by atoms with Gasteiger partial charge in [0.1, 0.15) is 0 Å². The third kappa shape index (κ3) is 6.41. The first-order valence-electron chi connectivity index (χ1n) is 26.4. The molecule has 0 bridgehead atoms. The molecule has 0 aliphatic heterocycles. The van der Waals surface area contributed by atoms with Crippen LogP contribution in [0.1, 0.15) is 47.2 Å². The Labute approximate surface area is 446 Å². The molecule has 11 aromatic carbocycles. The van der Waals surface area contributed by atoms with Gasteiger partial charge in [0.25, 0.3) is 5.56 Å². The summed E-state index contributed by atoms with van der Waals surface area (Å²) in [5, 5.41) is 0.437. The molecule has 0 atom stereocenters. The number of hydrogen-bond donors (Lipinski definition) is 0. The van der Waals surface area contributed by atoms with Crippen molar-refractivity contribution in [2.45, 2.75) is 24.7 Å². The van der Waals surface area contributed by atoms with Crippen LogP contribution in [0, 0.1) is 0 Å². The van der Waals surface area contributed by atoms with Gasteiger partial charge in [0.05, 0.1) is 33.4 Å². The Morgan fingerprint density at radius 1 is 0.351 bits per heavy atom. The fourth-order valence-electron chi connectivity index (χ4n) is 13.4. The molecular weight excluding hydrogens is 939 g/mol. The molecular formula is C72H49N3O2. The molecule has 0 N–H and O–H groups in total. The molecule has 15 rings (SSSR count). The number of rotatable bonds is 7. The average Bonchev–Trinajstić information content (AvgIpc) is 4.17. The molecule has 0 fully saturated rings. The van der Waals surface area contributed by atoms with Crippen molar-refractivity contribution in [2.75, 3.05) is 4.90 Å². The Balaban J connectivity index is 0.906. The molecule has 1 aromatic heterocycles. The van der Waals surface area contributed by atoms with E-state index in [1.807, 2.05) is 103 Å². The van der Waals surface area contributed by atoms with Crippen molar-refractivity contribution in [3.05, 3.63) is 315 Å². The monoisotopic (exact) mass is 987 g/mol. The quantitative estimate of drug-likeness (QED) is 0.160. The van der Waals surface area contributed by atoms with Gasteiger partial charge in [0.2, 0.25) is 0 Å². The van der Waals surface area contributed by atoms with E-state index in [0.717, 1.165) is 39.3 Å². The zero-order valence-electron chi connectivity index (χ0n) is 42.5. The summed E-state index contributed by atoms with van der Waals surface area (Å²) in [5.74, 6) is 0. The van der Waals surface area contributed by atoms with E-state index in [1.54, 1.807) is 4.57 Å². The van der Waals surface area contributed by atoms with E-state index in [1.165, 1.54) is 71.3 Å². The second kappa shape index (κ2) is 16.8. The minimum Gasteiger partial charge on any atom is -0.310 e. The van der Waals surface area contributed by atoms with Crippen molar-refractivity contribution in [1.29, 1.82) is 0 Å². The van der Waals surface area contributed by atoms with E-state index in [9.17, 15) is 9.59 Å². The highest BCUT2D eigenvalue weighted by Gasteiger charge is 2.51. The van der Waals surface area contributed by atoms with Gasteiger partial charge >= 0.3 is 5.69 Å². The van der Waals surface area contributed by atoms with Crippen LogP contribution < -0.4 is 16.1 Å². The smallest absolute Gasteiger partial charge is 0.310 e. The molecule has 3 aliphatic rings. The van der Waals surface area contributed by atoms with Crippen LogP contribution in [-0.2, 0) is 10.8 Å². The van der Waals surface area contributed by atoms with Gasteiger partial charge in [-0.25, -0.2) is 9.36 Å². The Morgan fingerprint density at radius 2 is 0.844 bits per heavy atom. The Bertz CT molecular complexity index is 4480. The van der Waals surface area contributed by atoms with Crippen LogP contribution in [0.2, 0.25) is 0 Å². The lowest BCUT2D eigenvalue weighted by molar-refractivity contribution is 0.660. The van der Waals surface area contributed by atoms with Crippen molar-refractivity contribution in [2.24, 2.45) is 0 Å². The highest BCUT2D eigenvalue weighted by Crippen LogP contribution is 2.63. The lowest BCUT2D eigenvalue weighted by Crippen LogP contribution is -2.38. The SMILES string of the molecule is CC1(C)c2ccccc2-c2c(N(c3ccc(-c4ccc5c(c4)c(=O)n(-c4cccc(-c6ccccc6)c4)c(=O)n5-c4ccccc4)cc3)c3ccc4c(c3)-c3ccccc3C43c4ccccc4-c4ccccc43)cccc21. The highest BCUT2D eigenvalue weighted by molar-refractivity contribution is 5.99. The van der Waals surface area contributed by atoms with E-state index in [4.69, 9.17) is 0 Å². The largest absolute Gasteiger partial charge is 0.340 e. The van der Waals surface area contributed by atoms with Crippen LogP contribution in [0.5, 0.6) is 0 Å². The fraction of sp³-hybridized carbons (Fsp3) is 0.0556. The predicted molar refractivity (Wildman–Crippen MR) is 315 cm³/mol. The molecule has 0 saturated heterocycles. The summed E-state index contributed by atoms with van der Waals surface area (Å²) in [5.41, 5.74) is 22.5. The van der Waals surface area contributed by atoms with Gasteiger partial charge in [-0.3, -0.25) is 9.36 Å². The fourth-order valence-corrected chi connectivity index (χ4v) is 13.4. The summed E-state index contributed by atoms with van der Waals surface area (Å²) in [6.07, 6.45) is 0. The minimum absolute atomic E-state index is 0.200.